The van der Waals surface area contributed by atoms with Crippen LogP contribution in [0.4, 0.5) is 5.13 Å². The van der Waals surface area contributed by atoms with Crippen molar-refractivity contribution in [2.24, 2.45) is 0 Å². The summed E-state index contributed by atoms with van der Waals surface area (Å²) < 4.78 is 34.8. The monoisotopic (exact) mass is 585 g/mol. The van der Waals surface area contributed by atoms with E-state index in [2.05, 4.69) is 0 Å². The van der Waals surface area contributed by atoms with Crippen LogP contribution in [0.5, 0.6) is 5.75 Å². The van der Waals surface area contributed by atoms with Gasteiger partial charge in [-0.05, 0) is 53.9 Å². The molecule has 7 nitrogen and oxygen atoms in total. The van der Waals surface area contributed by atoms with Gasteiger partial charge in [0.2, 0.25) is 10.0 Å². The summed E-state index contributed by atoms with van der Waals surface area (Å²) in [6.07, 6.45) is 0. The van der Waals surface area contributed by atoms with Gasteiger partial charge in [-0.2, -0.15) is 4.31 Å². The van der Waals surface area contributed by atoms with Crippen molar-refractivity contribution in [1.82, 2.24) is 9.29 Å². The van der Waals surface area contributed by atoms with E-state index in [4.69, 9.17) is 9.72 Å². The van der Waals surface area contributed by atoms with Crippen molar-refractivity contribution in [3.8, 4) is 5.75 Å². The summed E-state index contributed by atoms with van der Waals surface area (Å²) in [5, 5.41) is 0.540. The van der Waals surface area contributed by atoms with Crippen LogP contribution >= 0.6 is 11.3 Å². The Hall–Kier alpha value is -4.05. The second kappa shape index (κ2) is 12.2. The Morgan fingerprint density at radius 1 is 0.854 bits per heavy atom. The fraction of sp³-hybridized carbons (Fsp3) is 0.188. The molecule has 41 heavy (non-hydrogen) atoms. The van der Waals surface area contributed by atoms with Crippen molar-refractivity contribution in [1.29, 1.82) is 0 Å². The highest BCUT2D eigenvalue weighted by molar-refractivity contribution is 7.89. The van der Waals surface area contributed by atoms with Gasteiger partial charge in [0, 0.05) is 18.7 Å². The highest BCUT2D eigenvalue weighted by Crippen LogP contribution is 2.37. The van der Waals surface area contributed by atoms with Crippen molar-refractivity contribution < 1.29 is 17.9 Å². The maximum atomic E-state index is 14.0. The Labute approximate surface area is 244 Å². The molecule has 5 aromatic rings. The first-order chi connectivity index (χ1) is 19.8. The van der Waals surface area contributed by atoms with Gasteiger partial charge < -0.3 is 4.74 Å². The number of carbonyl (C=O) groups excluding carboxylic acids is 1. The molecule has 0 fully saturated rings. The fourth-order valence-electron chi connectivity index (χ4n) is 4.60. The molecular weight excluding hydrogens is 555 g/mol. The standard InChI is InChI=1S/C32H31N3O4S2/c1-4-34(21-24-11-7-5-8-12-24)41(37,38)27-18-16-26(17-19-27)31(36)35(22-25-13-9-6-10-14-25)32-33-29-28(39-3)20-15-23(2)30(29)40-32/h5-20H,4,21-22H2,1-3H3. The average molecular weight is 586 g/mol. The molecule has 5 rings (SSSR count). The Balaban J connectivity index is 1.47. The molecule has 0 spiro atoms. The first kappa shape index (κ1) is 28.5. The number of ether oxygens (including phenoxy) is 1. The molecule has 0 bridgehead atoms. The Morgan fingerprint density at radius 2 is 1.46 bits per heavy atom. The quantitative estimate of drug-likeness (QED) is 0.183. The van der Waals surface area contributed by atoms with E-state index < -0.39 is 10.0 Å². The Morgan fingerprint density at radius 3 is 2.05 bits per heavy atom. The number of thiazole rings is 1. The van der Waals surface area contributed by atoms with Gasteiger partial charge in [0.15, 0.2) is 5.13 Å². The maximum absolute atomic E-state index is 14.0. The third-order valence-corrected chi connectivity index (χ3v) is 10.0. The molecule has 0 aliphatic carbocycles. The minimum atomic E-state index is -3.76. The van der Waals surface area contributed by atoms with Crippen LogP contribution in [0.1, 0.15) is 34.0 Å². The number of hydrogen-bond acceptors (Lipinski definition) is 6. The van der Waals surface area contributed by atoms with Crippen molar-refractivity contribution in [3.05, 3.63) is 119 Å². The Bertz CT molecular complexity index is 1750. The van der Waals surface area contributed by atoms with Crippen molar-refractivity contribution in [2.75, 3.05) is 18.6 Å². The van der Waals surface area contributed by atoms with Crippen LogP contribution < -0.4 is 9.64 Å². The minimum Gasteiger partial charge on any atom is -0.494 e. The number of amides is 1. The van der Waals surface area contributed by atoms with Gasteiger partial charge in [0.25, 0.3) is 5.91 Å². The fourth-order valence-corrected chi connectivity index (χ4v) is 7.09. The summed E-state index contributed by atoms with van der Waals surface area (Å²) in [5.41, 5.74) is 3.97. The summed E-state index contributed by atoms with van der Waals surface area (Å²) in [6, 6.07) is 29.2. The number of benzene rings is 4. The molecule has 0 atom stereocenters. The number of sulfonamides is 1. The van der Waals surface area contributed by atoms with Crippen molar-refractivity contribution in [3.63, 3.8) is 0 Å². The predicted molar refractivity (Wildman–Crippen MR) is 164 cm³/mol. The van der Waals surface area contributed by atoms with Crippen LogP contribution in [0.25, 0.3) is 10.2 Å². The van der Waals surface area contributed by atoms with E-state index in [0.29, 0.717) is 35.1 Å². The SMILES string of the molecule is CCN(Cc1ccccc1)S(=O)(=O)c1ccc(C(=O)N(Cc2ccccc2)c2nc3c(OC)ccc(C)c3s2)cc1. The summed E-state index contributed by atoms with van der Waals surface area (Å²) in [6.45, 7) is 4.72. The van der Waals surface area contributed by atoms with Gasteiger partial charge in [-0.25, -0.2) is 13.4 Å². The zero-order valence-corrected chi connectivity index (χ0v) is 24.8. The number of nitrogens with zero attached hydrogens (tertiary/aromatic N) is 3. The molecule has 0 N–H and O–H groups in total. The van der Waals surface area contributed by atoms with E-state index in [1.54, 1.807) is 24.1 Å². The molecule has 4 aromatic carbocycles. The van der Waals surface area contributed by atoms with Crippen LogP contribution in [0, 0.1) is 6.92 Å². The molecule has 1 heterocycles. The highest BCUT2D eigenvalue weighted by Gasteiger charge is 2.26. The van der Waals surface area contributed by atoms with E-state index in [1.165, 1.54) is 27.8 Å². The molecule has 0 saturated heterocycles. The number of fused-ring (bicyclic) bond motifs is 1. The van der Waals surface area contributed by atoms with E-state index in [9.17, 15) is 13.2 Å². The first-order valence-electron chi connectivity index (χ1n) is 13.3. The topological polar surface area (TPSA) is 79.8 Å². The number of methoxy groups -OCH3 is 1. The van der Waals surface area contributed by atoms with Crippen molar-refractivity contribution in [2.45, 2.75) is 31.8 Å². The van der Waals surface area contributed by atoms with Crippen LogP contribution in [-0.2, 0) is 23.1 Å². The van der Waals surface area contributed by atoms with Gasteiger partial charge in [0.1, 0.15) is 11.3 Å². The molecule has 0 aliphatic heterocycles. The normalized spacial score (nSPS) is 11.6. The lowest BCUT2D eigenvalue weighted by Crippen LogP contribution is -2.31. The van der Waals surface area contributed by atoms with E-state index >= 15 is 0 Å². The lowest BCUT2D eigenvalue weighted by Gasteiger charge is -2.22. The lowest BCUT2D eigenvalue weighted by atomic mass is 10.1. The summed E-state index contributed by atoms with van der Waals surface area (Å²) >= 11 is 1.43. The maximum Gasteiger partial charge on any atom is 0.260 e. The second-order valence-electron chi connectivity index (χ2n) is 9.58. The van der Waals surface area contributed by atoms with Crippen molar-refractivity contribution >= 4 is 42.6 Å². The minimum absolute atomic E-state index is 0.141. The summed E-state index contributed by atoms with van der Waals surface area (Å²) in [7, 11) is -2.16. The largest absolute Gasteiger partial charge is 0.494 e. The third-order valence-electron chi connectivity index (χ3n) is 6.87. The molecule has 1 amide bonds. The Kier molecular flexibility index (Phi) is 8.49. The molecule has 210 valence electrons. The molecule has 0 saturated carbocycles. The van der Waals surface area contributed by atoms with Gasteiger partial charge in [-0.15, -0.1) is 0 Å². The lowest BCUT2D eigenvalue weighted by molar-refractivity contribution is 0.0985. The number of aromatic nitrogens is 1. The summed E-state index contributed by atoms with van der Waals surface area (Å²) in [5.74, 6) is 0.371. The number of hydrogen-bond donors (Lipinski definition) is 0. The smallest absolute Gasteiger partial charge is 0.260 e. The average Bonchev–Trinajstić information content (AvgIpc) is 3.46. The van der Waals surface area contributed by atoms with Gasteiger partial charge in [0.05, 0.1) is 23.2 Å². The van der Waals surface area contributed by atoms with Gasteiger partial charge in [-0.1, -0.05) is 85.0 Å². The van der Waals surface area contributed by atoms with Crippen LogP contribution in [0.3, 0.4) is 0 Å². The third kappa shape index (κ3) is 6.02. The molecule has 0 unspecified atom stereocenters. The second-order valence-corrected chi connectivity index (χ2v) is 12.5. The van der Waals surface area contributed by atoms with Gasteiger partial charge >= 0.3 is 0 Å². The number of anilines is 1. The first-order valence-corrected chi connectivity index (χ1v) is 15.5. The van der Waals surface area contributed by atoms with Gasteiger partial charge in [-0.3, -0.25) is 9.69 Å². The van der Waals surface area contributed by atoms with Crippen LogP contribution in [-0.4, -0.2) is 37.3 Å². The number of carbonyl (C=O) groups is 1. The molecular formula is C32H31N3O4S2. The van der Waals surface area contributed by atoms with Crippen LogP contribution in [0.15, 0.2) is 102 Å². The highest BCUT2D eigenvalue weighted by atomic mass is 32.2. The van der Waals surface area contributed by atoms with Crippen LogP contribution in [0.2, 0.25) is 0 Å². The number of aryl methyl sites for hydroxylation is 1. The summed E-state index contributed by atoms with van der Waals surface area (Å²) in [4.78, 5) is 20.5. The molecule has 9 heteroatoms. The molecule has 0 aliphatic rings. The van der Waals surface area contributed by atoms with E-state index in [1.807, 2.05) is 86.6 Å². The zero-order valence-electron chi connectivity index (χ0n) is 23.2. The molecule has 1 aromatic heterocycles. The zero-order chi connectivity index (χ0) is 29.0. The molecule has 0 radical (unpaired) electrons. The van der Waals surface area contributed by atoms with E-state index in [0.717, 1.165) is 21.4 Å². The van der Waals surface area contributed by atoms with E-state index in [-0.39, 0.29) is 17.3 Å². The number of rotatable bonds is 10. The predicted octanol–water partition coefficient (Wildman–Crippen LogP) is 6.67.